The number of hydrogen-bond donors (Lipinski definition) is 3. The predicted molar refractivity (Wildman–Crippen MR) is 178 cm³/mol. The van der Waals surface area contributed by atoms with Gasteiger partial charge < -0.3 is 43.7 Å². The van der Waals surface area contributed by atoms with Gasteiger partial charge in [-0.25, -0.2) is 9.59 Å². The van der Waals surface area contributed by atoms with Gasteiger partial charge in [0.25, 0.3) is 0 Å². The van der Waals surface area contributed by atoms with E-state index in [0.717, 1.165) is 11.1 Å². The third-order valence-corrected chi connectivity index (χ3v) is 10.2. The van der Waals surface area contributed by atoms with Crippen LogP contribution < -0.4 is 15.0 Å². The van der Waals surface area contributed by atoms with Gasteiger partial charge >= 0.3 is 12.1 Å². The van der Waals surface area contributed by atoms with E-state index in [1.54, 1.807) is 31.2 Å². The molecule has 3 amide bonds. The second-order valence-corrected chi connectivity index (χ2v) is 13.5. The number of amides is 3. The molecule has 0 unspecified atom stereocenters. The van der Waals surface area contributed by atoms with Crippen molar-refractivity contribution >= 4 is 41.2 Å². The average molecular weight is 708 g/mol. The summed E-state index contributed by atoms with van der Waals surface area (Å²) in [6.45, 7) is 7.68. The highest BCUT2D eigenvalue weighted by atomic mass is 35.5. The molecular formula is C34H46ClN3O11. The Balaban J connectivity index is 1.83. The topological polar surface area (TPSA) is 177 Å². The van der Waals surface area contributed by atoms with Crippen LogP contribution in [0.25, 0.3) is 0 Å². The fraction of sp³-hybridized carbons (Fsp3) is 0.588. The van der Waals surface area contributed by atoms with Crippen LogP contribution in [0.15, 0.2) is 35.9 Å². The highest BCUT2D eigenvalue weighted by Crippen LogP contribution is 2.56. The van der Waals surface area contributed by atoms with Crippen molar-refractivity contribution in [1.29, 1.82) is 0 Å². The third kappa shape index (κ3) is 7.43. The van der Waals surface area contributed by atoms with Crippen molar-refractivity contribution in [2.24, 2.45) is 5.92 Å². The van der Waals surface area contributed by atoms with Crippen molar-refractivity contribution in [2.45, 2.75) is 95.3 Å². The normalized spacial score (nSPS) is 32.6. The number of alkyl carbamates (subject to hydrolysis) is 1. The van der Waals surface area contributed by atoms with Crippen LogP contribution in [0.3, 0.4) is 0 Å². The van der Waals surface area contributed by atoms with Crippen LogP contribution in [0.5, 0.6) is 5.75 Å². The molecule has 2 saturated heterocycles. The van der Waals surface area contributed by atoms with E-state index in [2.05, 4.69) is 5.32 Å². The molecule has 0 aromatic heterocycles. The van der Waals surface area contributed by atoms with Crippen molar-refractivity contribution in [2.75, 3.05) is 33.2 Å². The van der Waals surface area contributed by atoms with E-state index < -0.39 is 77.7 Å². The number of anilines is 1. The van der Waals surface area contributed by atoms with Crippen molar-refractivity contribution < 1.29 is 53.1 Å². The zero-order valence-electron chi connectivity index (χ0n) is 29.2. The number of methoxy groups -OCH3 is 2. The lowest BCUT2D eigenvalue weighted by Gasteiger charge is -2.42. The largest absolute Gasteiger partial charge is 0.495 e. The smallest absolute Gasteiger partial charge is 0.409 e. The van der Waals surface area contributed by atoms with Gasteiger partial charge in [-0.1, -0.05) is 42.3 Å². The van der Waals surface area contributed by atoms with Crippen molar-refractivity contribution in [1.82, 2.24) is 10.2 Å². The van der Waals surface area contributed by atoms with Gasteiger partial charge in [-0.3, -0.25) is 14.9 Å². The Labute approximate surface area is 290 Å². The number of nitrogens with one attached hydrogen (secondary N) is 1. The maximum atomic E-state index is 14.0. The maximum absolute atomic E-state index is 14.0. The minimum Gasteiger partial charge on any atom is -0.495 e. The Morgan fingerprint density at radius 2 is 1.90 bits per heavy atom. The second-order valence-electron chi connectivity index (χ2n) is 13.1. The summed E-state index contributed by atoms with van der Waals surface area (Å²) in [5.74, 6) is -4.56. The minimum atomic E-state index is -2.10. The Bertz CT molecular complexity index is 1550. The molecule has 0 spiro atoms. The van der Waals surface area contributed by atoms with Gasteiger partial charge in [0.1, 0.15) is 35.1 Å². The quantitative estimate of drug-likeness (QED) is 0.303. The van der Waals surface area contributed by atoms with E-state index in [0.29, 0.717) is 17.9 Å². The molecule has 3 aliphatic rings. The van der Waals surface area contributed by atoms with E-state index >= 15 is 0 Å². The molecule has 3 heterocycles. The first-order valence-electron chi connectivity index (χ1n) is 15.9. The Morgan fingerprint density at radius 3 is 2.51 bits per heavy atom. The first-order chi connectivity index (χ1) is 22.8. The number of ether oxygens (including phenoxy) is 5. The molecule has 270 valence electrons. The first kappa shape index (κ1) is 38.1. The summed E-state index contributed by atoms with van der Waals surface area (Å²) in [6.07, 6.45) is 0.356. The van der Waals surface area contributed by atoms with Crippen molar-refractivity contribution in [3.05, 3.63) is 46.5 Å². The van der Waals surface area contributed by atoms with E-state index in [1.165, 1.54) is 58.9 Å². The number of carbonyl (C=O) groups is 4. The zero-order chi connectivity index (χ0) is 36.6. The van der Waals surface area contributed by atoms with Crippen LogP contribution in [-0.4, -0.2) is 109 Å². The highest BCUT2D eigenvalue weighted by molar-refractivity contribution is 6.35. The van der Waals surface area contributed by atoms with Crippen LogP contribution in [0.2, 0.25) is 5.02 Å². The van der Waals surface area contributed by atoms with Gasteiger partial charge in [-0.15, -0.1) is 0 Å². The van der Waals surface area contributed by atoms with Crippen molar-refractivity contribution in [3.63, 3.8) is 0 Å². The predicted octanol–water partition coefficient (Wildman–Crippen LogP) is 2.85. The van der Waals surface area contributed by atoms with Gasteiger partial charge in [0.15, 0.2) is 11.3 Å². The first-order valence-corrected chi connectivity index (χ1v) is 16.3. The number of esters is 1. The van der Waals surface area contributed by atoms with Crippen LogP contribution in [0, 0.1) is 5.92 Å². The summed E-state index contributed by atoms with van der Waals surface area (Å²) in [7, 11) is 5.78. The highest BCUT2D eigenvalue weighted by Gasteiger charge is 2.76. The van der Waals surface area contributed by atoms with Crippen LogP contribution in [-0.2, 0) is 39.8 Å². The van der Waals surface area contributed by atoms with Gasteiger partial charge in [0.05, 0.1) is 25.1 Å². The fourth-order valence-corrected chi connectivity index (χ4v) is 6.63. The molecule has 2 fully saturated rings. The molecule has 4 rings (SSSR count). The number of halogens is 1. The SMILES string of the molecule is COc1cc2cc(c1Cl)N(C)C(=O)C[C@H](OC(=O)[C@H](C)N(C)C(C)=O)[C@]1(C)O[C@]1(O)[C@H](C)[C@@H]1C[C@@](O)(NC(=O)O1)[C@H](OC)C=CC=C(C)C2. The molecule has 3 aliphatic heterocycles. The average Bonchev–Trinajstić information content (AvgIpc) is 3.63. The maximum Gasteiger partial charge on any atom is 0.409 e. The molecule has 14 nitrogen and oxygen atoms in total. The molecule has 0 radical (unpaired) electrons. The molecule has 1 aromatic rings. The minimum absolute atomic E-state index is 0.177. The summed E-state index contributed by atoms with van der Waals surface area (Å²) in [6, 6.07) is 2.46. The van der Waals surface area contributed by atoms with E-state index in [4.69, 9.17) is 35.3 Å². The summed E-state index contributed by atoms with van der Waals surface area (Å²) in [4.78, 5) is 54.6. The number of rotatable bonds is 5. The molecule has 0 saturated carbocycles. The Hall–Kier alpha value is -3.69. The molecule has 8 atom stereocenters. The number of nitrogens with zero attached hydrogens (tertiary/aromatic N) is 2. The fourth-order valence-electron chi connectivity index (χ4n) is 6.32. The van der Waals surface area contributed by atoms with Gasteiger partial charge in [-0.2, -0.15) is 0 Å². The van der Waals surface area contributed by atoms with Crippen LogP contribution in [0.4, 0.5) is 10.5 Å². The van der Waals surface area contributed by atoms with Crippen molar-refractivity contribution in [3.8, 4) is 5.75 Å². The van der Waals surface area contributed by atoms with Gasteiger partial charge in [-0.05, 0) is 44.9 Å². The molecular weight excluding hydrogens is 662 g/mol. The van der Waals surface area contributed by atoms with Crippen LogP contribution in [0.1, 0.15) is 53.0 Å². The van der Waals surface area contributed by atoms with E-state index in [9.17, 15) is 29.4 Å². The lowest BCUT2D eigenvalue weighted by atomic mass is 9.81. The Kier molecular flexibility index (Phi) is 11.1. The Morgan fingerprint density at radius 1 is 1.22 bits per heavy atom. The zero-order valence-corrected chi connectivity index (χ0v) is 30.0. The molecule has 4 bridgehead atoms. The second kappa shape index (κ2) is 14.3. The summed E-state index contributed by atoms with van der Waals surface area (Å²) in [5.41, 5.74) is -1.65. The number of likely N-dealkylation sites (N-methyl/N-ethyl adjacent to an activating group) is 1. The molecule has 0 aliphatic carbocycles. The number of aliphatic hydroxyl groups is 2. The van der Waals surface area contributed by atoms with E-state index in [1.807, 2.05) is 13.0 Å². The summed E-state index contributed by atoms with van der Waals surface area (Å²) < 4.78 is 28.4. The lowest BCUT2D eigenvalue weighted by molar-refractivity contribution is -0.163. The number of benzene rings is 1. The lowest BCUT2D eigenvalue weighted by Crippen LogP contribution is -2.64. The molecule has 1 aromatic carbocycles. The number of allylic oxidation sites excluding steroid dienone is 3. The standard InChI is InChI=1S/C34H46ClN3O11/c1-18-11-10-12-26(46-9)33(43)17-25(47-31(42)36-33)19(2)34(44)32(5,49-34)27(48-30(41)20(3)37(6)21(4)39)16-28(40)38(7)23-14-22(13-18)15-24(45-8)29(23)35/h10-12,14-15,19-20,25-27,43-44H,13,16-17H2,1-9H3,(H,36,42)/t19-,20+,25+,26-,27+,32+,33+,34-/m1/s1. The molecule has 49 heavy (non-hydrogen) atoms. The number of fused-ring (bicyclic) bond motifs is 5. The number of epoxide rings is 1. The van der Waals surface area contributed by atoms with Crippen LogP contribution >= 0.6 is 11.6 Å². The summed E-state index contributed by atoms with van der Waals surface area (Å²) in [5, 5.41) is 26.2. The molecule has 15 heteroatoms. The number of hydrogen-bond acceptors (Lipinski definition) is 11. The van der Waals surface area contributed by atoms with E-state index in [-0.39, 0.29) is 11.4 Å². The van der Waals surface area contributed by atoms with Gasteiger partial charge in [0, 0.05) is 34.5 Å². The summed E-state index contributed by atoms with van der Waals surface area (Å²) >= 11 is 6.69. The van der Waals surface area contributed by atoms with Gasteiger partial charge in [0.2, 0.25) is 17.6 Å². The third-order valence-electron chi connectivity index (χ3n) is 9.86. The monoisotopic (exact) mass is 707 g/mol. The number of carbonyl (C=O) groups excluding carboxylic acids is 4. The molecule has 3 N–H and O–H groups in total.